The number of nitriles is 1. The lowest BCUT2D eigenvalue weighted by molar-refractivity contribution is 0.0958. The van der Waals surface area contributed by atoms with E-state index in [9.17, 15) is 4.79 Å². The Bertz CT molecular complexity index is 1280. The zero-order chi connectivity index (χ0) is 20.9. The summed E-state index contributed by atoms with van der Waals surface area (Å²) in [5, 5.41) is 15.4. The highest BCUT2D eigenvalue weighted by molar-refractivity contribution is 5.92. The van der Waals surface area contributed by atoms with Crippen molar-refractivity contribution < 1.29 is 9.53 Å². The van der Waals surface area contributed by atoms with Crippen molar-refractivity contribution in [3.8, 4) is 17.6 Å². The van der Waals surface area contributed by atoms with E-state index in [1.54, 1.807) is 49.6 Å². The van der Waals surface area contributed by atoms with E-state index in [1.165, 1.54) is 6.20 Å². The van der Waals surface area contributed by atoms with E-state index in [0.29, 0.717) is 23.0 Å². The summed E-state index contributed by atoms with van der Waals surface area (Å²) >= 11 is 0. The molecule has 0 unspecified atom stereocenters. The van der Waals surface area contributed by atoms with Gasteiger partial charge in [0.15, 0.2) is 0 Å². The molecule has 1 amide bonds. The first-order valence-electron chi connectivity index (χ1n) is 9.04. The molecule has 4 aromatic rings. The number of hydrogen-bond donors (Lipinski definition) is 2. The predicted molar refractivity (Wildman–Crippen MR) is 112 cm³/mol. The van der Waals surface area contributed by atoms with Gasteiger partial charge in [0.2, 0.25) is 5.95 Å². The van der Waals surface area contributed by atoms with Crippen molar-refractivity contribution in [3.05, 3.63) is 78.2 Å². The number of carbonyl (C=O) groups is 1. The number of rotatable bonds is 5. The van der Waals surface area contributed by atoms with Gasteiger partial charge < -0.3 is 15.4 Å². The number of carbonyl (C=O) groups excluding carboxylic acids is 1. The van der Waals surface area contributed by atoms with Gasteiger partial charge in [0.1, 0.15) is 17.2 Å². The Balaban J connectivity index is 1.55. The summed E-state index contributed by atoms with van der Waals surface area (Å²) in [4.78, 5) is 24.6. The minimum absolute atomic E-state index is 0.273. The molecule has 2 aromatic carbocycles. The average molecular weight is 396 g/mol. The summed E-state index contributed by atoms with van der Waals surface area (Å²) in [5.41, 5.74) is 2.30. The SMILES string of the molecule is CNC(=O)c1cc(Oc2ccc3nc(Nc4cccc(C#N)c4)ncc3c2)ccn1. The number of aromatic nitrogens is 3. The number of anilines is 2. The molecule has 8 heteroatoms. The van der Waals surface area contributed by atoms with Gasteiger partial charge >= 0.3 is 0 Å². The number of amides is 1. The molecule has 0 aliphatic rings. The fraction of sp³-hybridized carbons (Fsp3) is 0.0455. The van der Waals surface area contributed by atoms with Crippen LogP contribution in [0.3, 0.4) is 0 Å². The summed E-state index contributed by atoms with van der Waals surface area (Å²) < 4.78 is 5.85. The van der Waals surface area contributed by atoms with Crippen LogP contribution < -0.4 is 15.4 Å². The van der Waals surface area contributed by atoms with Crippen LogP contribution in [-0.2, 0) is 0 Å². The fourth-order valence-electron chi connectivity index (χ4n) is 2.79. The van der Waals surface area contributed by atoms with E-state index in [0.717, 1.165) is 16.6 Å². The van der Waals surface area contributed by atoms with Gasteiger partial charge in [-0.15, -0.1) is 0 Å². The van der Waals surface area contributed by atoms with Crippen LogP contribution >= 0.6 is 0 Å². The lowest BCUT2D eigenvalue weighted by Gasteiger charge is -2.09. The van der Waals surface area contributed by atoms with Crippen molar-refractivity contribution in [2.45, 2.75) is 0 Å². The molecule has 30 heavy (non-hydrogen) atoms. The molecule has 0 fully saturated rings. The van der Waals surface area contributed by atoms with Crippen molar-refractivity contribution >= 4 is 28.4 Å². The van der Waals surface area contributed by atoms with Gasteiger partial charge in [0, 0.05) is 36.6 Å². The van der Waals surface area contributed by atoms with Gasteiger partial charge in [-0.1, -0.05) is 6.07 Å². The van der Waals surface area contributed by atoms with Gasteiger partial charge in [-0.05, 0) is 42.5 Å². The zero-order valence-electron chi connectivity index (χ0n) is 16.0. The molecule has 2 aromatic heterocycles. The number of nitrogens with one attached hydrogen (secondary N) is 2. The largest absolute Gasteiger partial charge is 0.457 e. The molecule has 8 nitrogen and oxygen atoms in total. The molecule has 0 saturated heterocycles. The van der Waals surface area contributed by atoms with Crippen LogP contribution in [0.2, 0.25) is 0 Å². The van der Waals surface area contributed by atoms with E-state index in [4.69, 9.17) is 10.00 Å². The van der Waals surface area contributed by atoms with E-state index in [1.807, 2.05) is 18.2 Å². The summed E-state index contributed by atoms with van der Waals surface area (Å²) in [5.74, 6) is 1.23. The average Bonchev–Trinajstić information content (AvgIpc) is 2.79. The number of ether oxygens (including phenoxy) is 1. The molecule has 2 heterocycles. The van der Waals surface area contributed by atoms with E-state index in [2.05, 4.69) is 31.7 Å². The maximum atomic E-state index is 11.7. The second kappa shape index (κ2) is 8.24. The number of hydrogen-bond acceptors (Lipinski definition) is 7. The number of benzene rings is 2. The monoisotopic (exact) mass is 396 g/mol. The topological polar surface area (TPSA) is 113 Å². The van der Waals surface area contributed by atoms with Crippen molar-refractivity contribution in [1.29, 1.82) is 5.26 Å². The van der Waals surface area contributed by atoms with Gasteiger partial charge in [-0.3, -0.25) is 9.78 Å². The first-order chi connectivity index (χ1) is 14.6. The fourth-order valence-corrected chi connectivity index (χ4v) is 2.79. The van der Waals surface area contributed by atoms with Crippen molar-refractivity contribution in [2.75, 3.05) is 12.4 Å². The predicted octanol–water partition coefficient (Wildman–Crippen LogP) is 3.79. The van der Waals surface area contributed by atoms with Crippen LogP contribution in [0.15, 0.2) is 67.0 Å². The minimum atomic E-state index is -0.285. The second-order valence-corrected chi connectivity index (χ2v) is 6.29. The Labute approximate surface area is 172 Å². The maximum absolute atomic E-state index is 11.7. The maximum Gasteiger partial charge on any atom is 0.269 e. The van der Waals surface area contributed by atoms with E-state index < -0.39 is 0 Å². The number of pyridine rings is 1. The Kier molecular flexibility index (Phi) is 5.17. The van der Waals surface area contributed by atoms with Crippen molar-refractivity contribution in [2.24, 2.45) is 0 Å². The molecule has 0 atom stereocenters. The highest BCUT2D eigenvalue weighted by Gasteiger charge is 2.08. The molecule has 146 valence electrons. The standard InChI is InChI=1S/C22H16N6O2/c1-24-21(29)20-11-18(7-8-25-20)30-17-5-6-19-15(10-17)13-26-22(28-19)27-16-4-2-3-14(9-16)12-23/h2-11,13H,1H3,(H,24,29)(H,26,27,28). The second-order valence-electron chi connectivity index (χ2n) is 6.29. The van der Waals surface area contributed by atoms with Crippen molar-refractivity contribution in [3.63, 3.8) is 0 Å². The first kappa shape index (κ1) is 18.8. The van der Waals surface area contributed by atoms with E-state index in [-0.39, 0.29) is 11.6 Å². The molecular formula is C22H16N6O2. The van der Waals surface area contributed by atoms with Crippen LogP contribution in [0.4, 0.5) is 11.6 Å². The molecule has 4 rings (SSSR count). The Hall–Kier alpha value is -4.51. The van der Waals surface area contributed by atoms with E-state index >= 15 is 0 Å². The third-order valence-electron chi connectivity index (χ3n) is 4.23. The molecule has 0 spiro atoms. The molecule has 2 N–H and O–H groups in total. The zero-order valence-corrected chi connectivity index (χ0v) is 16.0. The highest BCUT2D eigenvalue weighted by atomic mass is 16.5. The normalized spacial score (nSPS) is 10.3. The molecule has 0 saturated carbocycles. The third-order valence-corrected chi connectivity index (χ3v) is 4.23. The Morgan fingerprint density at radius 1 is 1.07 bits per heavy atom. The van der Waals surface area contributed by atoms with Crippen LogP contribution in [-0.4, -0.2) is 27.9 Å². The lowest BCUT2D eigenvalue weighted by atomic mass is 10.2. The van der Waals surface area contributed by atoms with Gasteiger partial charge in [0.05, 0.1) is 17.1 Å². The molecule has 0 bridgehead atoms. The van der Waals surface area contributed by atoms with Gasteiger partial charge in [-0.2, -0.15) is 5.26 Å². The number of nitrogens with zero attached hydrogens (tertiary/aromatic N) is 4. The molecule has 0 aliphatic heterocycles. The Morgan fingerprint density at radius 2 is 1.93 bits per heavy atom. The molecular weight excluding hydrogens is 380 g/mol. The summed E-state index contributed by atoms with van der Waals surface area (Å²) in [6, 6.07) is 17.9. The Morgan fingerprint density at radius 3 is 2.77 bits per heavy atom. The lowest BCUT2D eigenvalue weighted by Crippen LogP contribution is -2.18. The molecule has 0 radical (unpaired) electrons. The van der Waals surface area contributed by atoms with Gasteiger partial charge in [-0.25, -0.2) is 9.97 Å². The van der Waals surface area contributed by atoms with Crippen LogP contribution in [0.25, 0.3) is 10.9 Å². The van der Waals surface area contributed by atoms with Crippen LogP contribution in [0, 0.1) is 11.3 Å². The van der Waals surface area contributed by atoms with Crippen LogP contribution in [0.1, 0.15) is 16.1 Å². The van der Waals surface area contributed by atoms with Gasteiger partial charge in [0.25, 0.3) is 5.91 Å². The van der Waals surface area contributed by atoms with Crippen LogP contribution in [0.5, 0.6) is 11.5 Å². The molecule has 0 aliphatic carbocycles. The highest BCUT2D eigenvalue weighted by Crippen LogP contribution is 2.26. The summed E-state index contributed by atoms with van der Waals surface area (Å²) in [6.45, 7) is 0. The minimum Gasteiger partial charge on any atom is -0.457 e. The summed E-state index contributed by atoms with van der Waals surface area (Å²) in [7, 11) is 1.55. The first-order valence-corrected chi connectivity index (χ1v) is 9.04. The third kappa shape index (κ3) is 4.15. The summed E-state index contributed by atoms with van der Waals surface area (Å²) in [6.07, 6.45) is 3.21. The quantitative estimate of drug-likeness (QED) is 0.528. The number of fused-ring (bicyclic) bond motifs is 1. The smallest absolute Gasteiger partial charge is 0.269 e. The van der Waals surface area contributed by atoms with Crippen molar-refractivity contribution in [1.82, 2.24) is 20.3 Å².